The number of aliphatic hydroxyl groups is 1. The van der Waals surface area contributed by atoms with Crippen molar-refractivity contribution in [1.82, 2.24) is 0 Å². The lowest BCUT2D eigenvalue weighted by Gasteiger charge is -2.13. The Morgan fingerprint density at radius 1 is 1.35 bits per heavy atom. The number of anilines is 1. The monoisotopic (exact) mass is 257 g/mol. The Morgan fingerprint density at radius 2 is 2.00 bits per heavy atom. The van der Waals surface area contributed by atoms with Gasteiger partial charge < -0.3 is 5.11 Å². The van der Waals surface area contributed by atoms with Gasteiger partial charge in [-0.3, -0.25) is 4.72 Å². The van der Waals surface area contributed by atoms with Crippen LogP contribution in [0.5, 0.6) is 0 Å². The number of hydrogen-bond donors (Lipinski definition) is 2. The second-order valence-electron chi connectivity index (χ2n) is 4.04. The average Bonchev–Trinajstić information content (AvgIpc) is 2.26. The summed E-state index contributed by atoms with van der Waals surface area (Å²) < 4.78 is 26.0. The Bertz CT molecular complexity index is 455. The second-order valence-corrected chi connectivity index (χ2v) is 5.88. The van der Waals surface area contributed by atoms with Gasteiger partial charge in [-0.2, -0.15) is 0 Å². The van der Waals surface area contributed by atoms with E-state index in [0.29, 0.717) is 17.7 Å². The summed E-state index contributed by atoms with van der Waals surface area (Å²) in [6, 6.07) is 6.88. The molecule has 0 saturated heterocycles. The first kappa shape index (κ1) is 14.0. The SMILES string of the molecule is CCCCS(=O)(=O)Nc1ccccc1C(C)O. The van der Waals surface area contributed by atoms with Gasteiger partial charge in [-0.15, -0.1) is 0 Å². The number of aliphatic hydroxyl groups excluding tert-OH is 1. The van der Waals surface area contributed by atoms with Gasteiger partial charge in [0, 0.05) is 5.56 Å². The van der Waals surface area contributed by atoms with Crippen LogP contribution in [0.15, 0.2) is 24.3 Å². The van der Waals surface area contributed by atoms with Crippen LogP contribution in [-0.4, -0.2) is 19.3 Å². The number of unbranched alkanes of at least 4 members (excludes halogenated alkanes) is 1. The maximum atomic E-state index is 11.7. The van der Waals surface area contributed by atoms with Crippen LogP contribution in [0.4, 0.5) is 5.69 Å². The molecule has 1 unspecified atom stereocenters. The van der Waals surface area contributed by atoms with Crippen molar-refractivity contribution in [3.05, 3.63) is 29.8 Å². The number of sulfonamides is 1. The molecule has 1 rings (SSSR count). The number of nitrogens with one attached hydrogen (secondary N) is 1. The molecule has 0 aliphatic heterocycles. The summed E-state index contributed by atoms with van der Waals surface area (Å²) in [7, 11) is -3.31. The van der Waals surface area contributed by atoms with E-state index >= 15 is 0 Å². The van der Waals surface area contributed by atoms with Crippen molar-refractivity contribution in [3.63, 3.8) is 0 Å². The fourth-order valence-corrected chi connectivity index (χ4v) is 2.80. The van der Waals surface area contributed by atoms with Gasteiger partial charge in [0.1, 0.15) is 0 Å². The van der Waals surface area contributed by atoms with E-state index in [1.807, 2.05) is 6.92 Å². The van der Waals surface area contributed by atoms with Gasteiger partial charge in [0.15, 0.2) is 0 Å². The highest BCUT2D eigenvalue weighted by Gasteiger charge is 2.13. The molecule has 17 heavy (non-hydrogen) atoms. The predicted octanol–water partition coefficient (Wildman–Crippen LogP) is 2.28. The lowest BCUT2D eigenvalue weighted by atomic mass is 10.1. The van der Waals surface area contributed by atoms with Crippen LogP contribution in [0.3, 0.4) is 0 Å². The lowest BCUT2D eigenvalue weighted by molar-refractivity contribution is 0.200. The zero-order chi connectivity index (χ0) is 12.9. The molecule has 96 valence electrons. The first-order valence-corrected chi connectivity index (χ1v) is 7.39. The van der Waals surface area contributed by atoms with E-state index < -0.39 is 16.1 Å². The quantitative estimate of drug-likeness (QED) is 0.821. The van der Waals surface area contributed by atoms with E-state index in [0.717, 1.165) is 6.42 Å². The molecule has 4 nitrogen and oxygen atoms in total. The third-order valence-electron chi connectivity index (χ3n) is 2.44. The third-order valence-corrected chi connectivity index (χ3v) is 3.80. The molecular formula is C12H19NO3S. The molecule has 0 radical (unpaired) electrons. The van der Waals surface area contributed by atoms with E-state index in [9.17, 15) is 13.5 Å². The number of rotatable bonds is 6. The first-order chi connectivity index (χ1) is 7.96. The molecule has 0 aliphatic rings. The molecular weight excluding hydrogens is 238 g/mol. The summed E-state index contributed by atoms with van der Waals surface area (Å²) in [4.78, 5) is 0. The molecule has 0 aromatic heterocycles. The molecule has 0 spiro atoms. The molecule has 0 heterocycles. The Hall–Kier alpha value is -1.07. The van der Waals surface area contributed by atoms with E-state index in [1.165, 1.54) is 0 Å². The van der Waals surface area contributed by atoms with Crippen molar-refractivity contribution in [2.45, 2.75) is 32.8 Å². The van der Waals surface area contributed by atoms with Crippen LogP contribution in [0.2, 0.25) is 0 Å². The zero-order valence-electron chi connectivity index (χ0n) is 10.2. The van der Waals surface area contributed by atoms with Gasteiger partial charge in [-0.05, 0) is 19.4 Å². The maximum absolute atomic E-state index is 11.7. The molecule has 1 aromatic rings. The molecule has 0 saturated carbocycles. The van der Waals surface area contributed by atoms with Crippen LogP contribution in [0, 0.1) is 0 Å². The van der Waals surface area contributed by atoms with Crippen molar-refractivity contribution >= 4 is 15.7 Å². The van der Waals surface area contributed by atoms with Crippen molar-refractivity contribution < 1.29 is 13.5 Å². The molecule has 2 N–H and O–H groups in total. The number of benzene rings is 1. The van der Waals surface area contributed by atoms with Gasteiger partial charge in [0.25, 0.3) is 0 Å². The lowest BCUT2D eigenvalue weighted by Crippen LogP contribution is -2.17. The normalized spacial score (nSPS) is 13.4. The topological polar surface area (TPSA) is 66.4 Å². The minimum absolute atomic E-state index is 0.109. The van der Waals surface area contributed by atoms with Gasteiger partial charge in [0.2, 0.25) is 10.0 Å². The molecule has 1 aromatic carbocycles. The standard InChI is InChI=1S/C12H19NO3S/c1-3-4-9-17(15,16)13-12-8-6-5-7-11(12)10(2)14/h5-8,10,13-14H,3-4,9H2,1-2H3. The summed E-state index contributed by atoms with van der Waals surface area (Å²) >= 11 is 0. The highest BCUT2D eigenvalue weighted by atomic mass is 32.2. The van der Waals surface area contributed by atoms with E-state index in [-0.39, 0.29) is 5.75 Å². The highest BCUT2D eigenvalue weighted by Crippen LogP contribution is 2.23. The van der Waals surface area contributed by atoms with Crippen LogP contribution in [0.25, 0.3) is 0 Å². The summed E-state index contributed by atoms with van der Waals surface area (Å²) in [5, 5.41) is 9.54. The smallest absolute Gasteiger partial charge is 0.232 e. The van der Waals surface area contributed by atoms with Crippen molar-refractivity contribution in [3.8, 4) is 0 Å². The first-order valence-electron chi connectivity index (χ1n) is 5.73. The van der Waals surface area contributed by atoms with Crippen molar-refractivity contribution in [2.24, 2.45) is 0 Å². The minimum Gasteiger partial charge on any atom is -0.389 e. The summed E-state index contributed by atoms with van der Waals surface area (Å²) in [6.45, 7) is 3.55. The molecule has 5 heteroatoms. The van der Waals surface area contributed by atoms with Crippen LogP contribution in [-0.2, 0) is 10.0 Å². The van der Waals surface area contributed by atoms with Crippen molar-refractivity contribution in [2.75, 3.05) is 10.5 Å². The molecule has 1 atom stereocenters. The van der Waals surface area contributed by atoms with Gasteiger partial charge >= 0.3 is 0 Å². The van der Waals surface area contributed by atoms with Crippen LogP contribution >= 0.6 is 0 Å². The Kier molecular flexibility index (Phi) is 4.96. The van der Waals surface area contributed by atoms with E-state index in [1.54, 1.807) is 31.2 Å². The Morgan fingerprint density at radius 3 is 2.59 bits per heavy atom. The number of hydrogen-bond acceptors (Lipinski definition) is 3. The van der Waals surface area contributed by atoms with Crippen LogP contribution in [0.1, 0.15) is 38.4 Å². The molecule has 0 fully saturated rings. The fourth-order valence-electron chi connectivity index (χ4n) is 1.51. The molecule has 0 aliphatic carbocycles. The fraction of sp³-hybridized carbons (Fsp3) is 0.500. The van der Waals surface area contributed by atoms with Gasteiger partial charge in [-0.25, -0.2) is 8.42 Å². The maximum Gasteiger partial charge on any atom is 0.232 e. The summed E-state index contributed by atoms with van der Waals surface area (Å²) in [6.07, 6.45) is 0.769. The van der Waals surface area contributed by atoms with Crippen molar-refractivity contribution in [1.29, 1.82) is 0 Å². The van der Waals surface area contributed by atoms with E-state index in [2.05, 4.69) is 4.72 Å². The third kappa shape index (κ3) is 4.36. The second kappa shape index (κ2) is 6.02. The van der Waals surface area contributed by atoms with Gasteiger partial charge in [-0.1, -0.05) is 31.5 Å². The van der Waals surface area contributed by atoms with Crippen LogP contribution < -0.4 is 4.72 Å². The molecule has 0 bridgehead atoms. The Labute approximate surface area is 103 Å². The Balaban J connectivity index is 2.88. The predicted molar refractivity (Wildman–Crippen MR) is 69.4 cm³/mol. The number of para-hydroxylation sites is 1. The summed E-state index contributed by atoms with van der Waals surface area (Å²) in [5.41, 5.74) is 1.05. The highest BCUT2D eigenvalue weighted by molar-refractivity contribution is 7.92. The average molecular weight is 257 g/mol. The summed E-state index contributed by atoms with van der Waals surface area (Å²) in [5.74, 6) is 0.109. The molecule has 0 amide bonds. The minimum atomic E-state index is -3.31. The van der Waals surface area contributed by atoms with E-state index in [4.69, 9.17) is 0 Å². The largest absolute Gasteiger partial charge is 0.389 e. The zero-order valence-corrected chi connectivity index (χ0v) is 11.0. The van der Waals surface area contributed by atoms with Gasteiger partial charge in [0.05, 0.1) is 17.5 Å².